The summed E-state index contributed by atoms with van der Waals surface area (Å²) >= 11 is 0. The summed E-state index contributed by atoms with van der Waals surface area (Å²) in [5.41, 5.74) is 0. The monoisotopic (exact) mass is 295 g/mol. The lowest BCUT2D eigenvalue weighted by atomic mass is 9.82. The molecule has 0 aromatic carbocycles. The van der Waals surface area contributed by atoms with Gasteiger partial charge in [-0.15, -0.1) is 0 Å². The molecule has 0 saturated heterocycles. The number of halogens is 3. The Morgan fingerprint density at radius 2 is 1.95 bits per heavy atom. The topological polar surface area (TPSA) is 21.3 Å². The maximum atomic E-state index is 12.1. The van der Waals surface area contributed by atoms with Crippen molar-refractivity contribution in [3.8, 4) is 0 Å². The van der Waals surface area contributed by atoms with Crippen molar-refractivity contribution in [2.75, 3.05) is 13.2 Å². The highest BCUT2D eigenvalue weighted by Gasteiger charge is 2.31. The van der Waals surface area contributed by atoms with Crippen LogP contribution in [0.2, 0.25) is 0 Å². The molecular weight excluding hydrogens is 267 g/mol. The van der Waals surface area contributed by atoms with Gasteiger partial charge in [0.05, 0.1) is 6.10 Å². The van der Waals surface area contributed by atoms with Crippen molar-refractivity contribution in [1.82, 2.24) is 5.32 Å². The van der Waals surface area contributed by atoms with Gasteiger partial charge in [-0.1, -0.05) is 20.3 Å². The lowest BCUT2D eigenvalue weighted by Gasteiger charge is -2.36. The van der Waals surface area contributed by atoms with Gasteiger partial charge in [0.15, 0.2) is 0 Å². The Balaban J connectivity index is 2.35. The molecular formula is C15H28F3NO. The number of ether oxygens (including phenoxy) is 1. The van der Waals surface area contributed by atoms with E-state index < -0.39 is 12.6 Å². The highest BCUT2D eigenvalue weighted by atomic mass is 19.4. The Morgan fingerprint density at radius 3 is 2.55 bits per heavy atom. The van der Waals surface area contributed by atoms with E-state index >= 15 is 0 Å². The van der Waals surface area contributed by atoms with Crippen molar-refractivity contribution in [2.45, 2.75) is 77.1 Å². The number of rotatable bonds is 8. The fourth-order valence-electron chi connectivity index (χ4n) is 2.84. The molecule has 1 aliphatic rings. The van der Waals surface area contributed by atoms with Gasteiger partial charge in [0, 0.05) is 19.1 Å². The first kappa shape index (κ1) is 17.8. The van der Waals surface area contributed by atoms with Crippen LogP contribution in [0.1, 0.15) is 58.8 Å². The number of nitrogens with one attached hydrogen (secondary N) is 1. The minimum atomic E-state index is -4.07. The Morgan fingerprint density at radius 1 is 1.20 bits per heavy atom. The molecule has 1 rings (SSSR count). The Bertz CT molecular complexity index is 258. The molecule has 2 nitrogen and oxygen atoms in total. The average molecular weight is 295 g/mol. The van der Waals surface area contributed by atoms with Gasteiger partial charge >= 0.3 is 6.18 Å². The van der Waals surface area contributed by atoms with Crippen LogP contribution in [0.5, 0.6) is 0 Å². The van der Waals surface area contributed by atoms with Crippen molar-refractivity contribution < 1.29 is 17.9 Å². The molecule has 0 aromatic rings. The molecule has 1 aliphatic carbocycles. The lowest BCUT2D eigenvalue weighted by molar-refractivity contribution is -0.139. The van der Waals surface area contributed by atoms with Crippen molar-refractivity contribution in [2.24, 2.45) is 5.92 Å². The van der Waals surface area contributed by atoms with E-state index in [-0.39, 0.29) is 19.1 Å². The number of hydrogen-bond acceptors (Lipinski definition) is 2. The smallest absolute Gasteiger partial charge is 0.377 e. The predicted molar refractivity (Wildman–Crippen MR) is 74.7 cm³/mol. The maximum Gasteiger partial charge on any atom is 0.389 e. The number of hydrogen-bond donors (Lipinski definition) is 1. The summed E-state index contributed by atoms with van der Waals surface area (Å²) in [6, 6.07) is 0.309. The molecule has 3 unspecified atom stereocenters. The molecule has 20 heavy (non-hydrogen) atoms. The normalized spacial score (nSPS) is 27.8. The highest BCUT2D eigenvalue weighted by Crippen LogP contribution is 2.29. The van der Waals surface area contributed by atoms with Gasteiger partial charge in [-0.2, -0.15) is 13.2 Å². The summed E-state index contributed by atoms with van der Waals surface area (Å²) < 4.78 is 42.1. The fraction of sp³-hybridized carbons (Fsp3) is 1.00. The van der Waals surface area contributed by atoms with Gasteiger partial charge in [-0.25, -0.2) is 0 Å². The zero-order valence-corrected chi connectivity index (χ0v) is 12.6. The zero-order chi connectivity index (χ0) is 15.0. The largest absolute Gasteiger partial charge is 0.389 e. The lowest BCUT2D eigenvalue weighted by Crippen LogP contribution is -2.46. The second-order valence-electron chi connectivity index (χ2n) is 5.78. The third kappa shape index (κ3) is 6.93. The first-order chi connectivity index (χ1) is 9.46. The van der Waals surface area contributed by atoms with E-state index in [1.807, 2.05) is 0 Å². The molecule has 0 amide bonds. The Kier molecular flexibility index (Phi) is 7.88. The fourth-order valence-corrected chi connectivity index (χ4v) is 2.84. The first-order valence-electron chi connectivity index (χ1n) is 7.88. The molecule has 0 radical (unpaired) electrons. The van der Waals surface area contributed by atoms with Crippen LogP contribution in [0.4, 0.5) is 13.2 Å². The van der Waals surface area contributed by atoms with E-state index in [9.17, 15) is 13.2 Å². The van der Waals surface area contributed by atoms with E-state index in [1.54, 1.807) is 0 Å². The van der Waals surface area contributed by atoms with Crippen LogP contribution in [-0.2, 0) is 4.74 Å². The van der Waals surface area contributed by atoms with Crippen LogP contribution in [-0.4, -0.2) is 31.5 Å². The zero-order valence-electron chi connectivity index (χ0n) is 12.6. The second-order valence-corrected chi connectivity index (χ2v) is 5.78. The van der Waals surface area contributed by atoms with Gasteiger partial charge < -0.3 is 10.1 Å². The second kappa shape index (κ2) is 8.88. The van der Waals surface area contributed by atoms with Gasteiger partial charge in [-0.05, 0) is 44.6 Å². The van der Waals surface area contributed by atoms with Crippen molar-refractivity contribution >= 4 is 0 Å². The standard InChI is InChI=1S/C15H28F3NO/c1-3-9-19-13-7-6-12(4-2)11-14(13)20-10-5-8-15(16,17)18/h12-14,19H,3-11H2,1-2H3. The van der Waals surface area contributed by atoms with Gasteiger partial charge in [0.1, 0.15) is 0 Å². The SMILES string of the molecule is CCCNC1CCC(CC)CC1OCCCC(F)(F)F. The molecule has 1 N–H and O–H groups in total. The van der Waals surface area contributed by atoms with E-state index in [0.717, 1.165) is 32.2 Å². The van der Waals surface area contributed by atoms with Crippen LogP contribution < -0.4 is 5.32 Å². The molecule has 0 bridgehead atoms. The molecule has 1 fully saturated rings. The molecule has 3 atom stereocenters. The van der Waals surface area contributed by atoms with E-state index in [1.165, 1.54) is 6.42 Å². The quantitative estimate of drug-likeness (QED) is 0.674. The van der Waals surface area contributed by atoms with Crippen LogP contribution in [0.15, 0.2) is 0 Å². The van der Waals surface area contributed by atoms with Crippen molar-refractivity contribution in [3.05, 3.63) is 0 Å². The summed E-state index contributed by atoms with van der Waals surface area (Å²) in [5, 5.41) is 3.48. The Labute approximate surface area is 120 Å². The summed E-state index contributed by atoms with van der Waals surface area (Å²) in [4.78, 5) is 0. The molecule has 0 spiro atoms. The van der Waals surface area contributed by atoms with Crippen LogP contribution in [0.3, 0.4) is 0 Å². The molecule has 120 valence electrons. The summed E-state index contributed by atoms with van der Waals surface area (Å²) in [6.45, 7) is 5.45. The molecule has 1 saturated carbocycles. The predicted octanol–water partition coefficient (Wildman–Crippen LogP) is 4.29. The number of alkyl halides is 3. The minimum Gasteiger partial charge on any atom is -0.377 e. The van der Waals surface area contributed by atoms with E-state index in [2.05, 4.69) is 19.2 Å². The average Bonchev–Trinajstić information content (AvgIpc) is 2.40. The van der Waals surface area contributed by atoms with Crippen LogP contribution in [0, 0.1) is 5.92 Å². The molecule has 0 aromatic heterocycles. The maximum absolute atomic E-state index is 12.1. The molecule has 0 aliphatic heterocycles. The van der Waals surface area contributed by atoms with Crippen molar-refractivity contribution in [1.29, 1.82) is 0 Å². The highest BCUT2D eigenvalue weighted by molar-refractivity contribution is 4.85. The van der Waals surface area contributed by atoms with Gasteiger partial charge in [0.25, 0.3) is 0 Å². The summed E-state index contributed by atoms with van der Waals surface area (Å²) in [6.07, 6.45) is 0.765. The van der Waals surface area contributed by atoms with Crippen LogP contribution in [0.25, 0.3) is 0 Å². The summed E-state index contributed by atoms with van der Waals surface area (Å²) in [5.74, 6) is 0.655. The molecule has 0 heterocycles. The Hall–Kier alpha value is -0.290. The first-order valence-corrected chi connectivity index (χ1v) is 7.88. The van der Waals surface area contributed by atoms with Crippen molar-refractivity contribution in [3.63, 3.8) is 0 Å². The third-order valence-corrected chi connectivity index (χ3v) is 4.07. The van der Waals surface area contributed by atoms with Gasteiger partial charge in [0.2, 0.25) is 0 Å². The third-order valence-electron chi connectivity index (χ3n) is 4.07. The van der Waals surface area contributed by atoms with Crippen LogP contribution >= 0.6 is 0 Å². The van der Waals surface area contributed by atoms with Gasteiger partial charge in [-0.3, -0.25) is 0 Å². The minimum absolute atomic E-state index is 0.0668. The molecule has 5 heteroatoms. The van der Waals surface area contributed by atoms with E-state index in [4.69, 9.17) is 4.74 Å². The summed E-state index contributed by atoms with van der Waals surface area (Å²) in [7, 11) is 0. The van der Waals surface area contributed by atoms with E-state index in [0.29, 0.717) is 12.0 Å².